The molecule has 2 heteroatoms. The molecule has 0 aromatic carbocycles. The van der Waals surface area contributed by atoms with Gasteiger partial charge < -0.3 is 5.32 Å². The third kappa shape index (κ3) is 2.51. The van der Waals surface area contributed by atoms with E-state index in [1.807, 2.05) is 7.05 Å². The van der Waals surface area contributed by atoms with E-state index in [-0.39, 0.29) is 0 Å². The molecule has 1 saturated heterocycles. The minimum Gasteiger partial charge on any atom is -0.318 e. The van der Waals surface area contributed by atoms with Crippen molar-refractivity contribution in [1.29, 1.82) is 0 Å². The van der Waals surface area contributed by atoms with E-state index < -0.39 is 0 Å². The van der Waals surface area contributed by atoms with Crippen molar-refractivity contribution in [2.24, 2.45) is 0 Å². The first kappa shape index (κ1) is 9.57. The topological polar surface area (TPSA) is 15.3 Å². The summed E-state index contributed by atoms with van der Waals surface area (Å²) in [6.07, 6.45) is 9.26. The number of hydrogen-bond acceptors (Lipinski definition) is 2. The molecule has 0 amide bonds. The molecular weight excluding hydrogens is 148 g/mol. The lowest BCUT2D eigenvalue weighted by Gasteiger charge is -2.34. The Bertz CT molecular complexity index is 158. The average Bonchev–Trinajstić information content (AvgIpc) is 2.09. The zero-order valence-corrected chi connectivity index (χ0v) is 7.84. The van der Waals surface area contributed by atoms with E-state index in [0.29, 0.717) is 6.04 Å². The maximum atomic E-state index is 5.31. The molecule has 1 N–H and O–H groups in total. The Balaban J connectivity index is 2.38. The highest BCUT2D eigenvalue weighted by Gasteiger charge is 2.20. The molecule has 1 rings (SSSR count). The van der Waals surface area contributed by atoms with Gasteiger partial charge in [0.25, 0.3) is 0 Å². The lowest BCUT2D eigenvalue weighted by atomic mass is 10.0. The average molecular weight is 166 g/mol. The zero-order valence-electron chi connectivity index (χ0n) is 7.84. The molecule has 68 valence electrons. The van der Waals surface area contributed by atoms with E-state index in [9.17, 15) is 0 Å². The SMILES string of the molecule is C#CCN1CCCC[C@H]1CNC. The third-order valence-electron chi connectivity index (χ3n) is 2.48. The molecule has 1 heterocycles. The third-order valence-corrected chi connectivity index (χ3v) is 2.48. The van der Waals surface area contributed by atoms with E-state index in [1.54, 1.807) is 0 Å². The van der Waals surface area contributed by atoms with Gasteiger partial charge in [-0.2, -0.15) is 0 Å². The summed E-state index contributed by atoms with van der Waals surface area (Å²) in [5.74, 6) is 2.72. The Labute approximate surface area is 75.3 Å². The van der Waals surface area contributed by atoms with E-state index in [2.05, 4.69) is 16.1 Å². The Kier molecular flexibility index (Phi) is 4.13. The van der Waals surface area contributed by atoms with Crippen molar-refractivity contribution in [2.75, 3.05) is 26.7 Å². The molecule has 0 aromatic heterocycles. The minimum atomic E-state index is 0.666. The van der Waals surface area contributed by atoms with Gasteiger partial charge in [-0.1, -0.05) is 12.3 Å². The van der Waals surface area contributed by atoms with Gasteiger partial charge >= 0.3 is 0 Å². The Morgan fingerprint density at radius 2 is 2.42 bits per heavy atom. The van der Waals surface area contributed by atoms with Crippen LogP contribution in [0.3, 0.4) is 0 Å². The van der Waals surface area contributed by atoms with E-state index in [0.717, 1.165) is 13.1 Å². The van der Waals surface area contributed by atoms with Gasteiger partial charge in [-0.05, 0) is 26.4 Å². The fourth-order valence-corrected chi connectivity index (χ4v) is 1.85. The lowest BCUT2D eigenvalue weighted by molar-refractivity contribution is 0.167. The van der Waals surface area contributed by atoms with E-state index in [4.69, 9.17) is 6.42 Å². The summed E-state index contributed by atoms with van der Waals surface area (Å²) in [6.45, 7) is 3.06. The summed E-state index contributed by atoms with van der Waals surface area (Å²) >= 11 is 0. The molecule has 12 heavy (non-hydrogen) atoms. The summed E-state index contributed by atoms with van der Waals surface area (Å²) < 4.78 is 0. The lowest BCUT2D eigenvalue weighted by Crippen LogP contribution is -2.44. The van der Waals surface area contributed by atoms with Crippen LogP contribution in [-0.2, 0) is 0 Å². The van der Waals surface area contributed by atoms with Crippen molar-refractivity contribution in [1.82, 2.24) is 10.2 Å². The molecule has 0 radical (unpaired) electrons. The molecule has 1 aliphatic rings. The van der Waals surface area contributed by atoms with Crippen LogP contribution in [0.4, 0.5) is 0 Å². The van der Waals surface area contributed by atoms with Crippen molar-refractivity contribution in [3.8, 4) is 12.3 Å². The second-order valence-electron chi connectivity index (χ2n) is 3.38. The van der Waals surface area contributed by atoms with Crippen molar-refractivity contribution >= 4 is 0 Å². The van der Waals surface area contributed by atoms with Crippen LogP contribution in [0.25, 0.3) is 0 Å². The summed E-state index contributed by atoms with van der Waals surface area (Å²) in [4.78, 5) is 2.40. The predicted octanol–water partition coefficient (Wildman–Crippen LogP) is 0.694. The van der Waals surface area contributed by atoms with E-state index in [1.165, 1.54) is 25.8 Å². The number of likely N-dealkylation sites (tertiary alicyclic amines) is 1. The van der Waals surface area contributed by atoms with Crippen LogP contribution in [0.15, 0.2) is 0 Å². The summed E-state index contributed by atoms with van der Waals surface area (Å²) in [6, 6.07) is 0.666. The first-order valence-electron chi connectivity index (χ1n) is 4.70. The standard InChI is InChI=1S/C10H18N2/c1-3-7-12-8-5-4-6-10(12)9-11-2/h1,10-11H,4-9H2,2H3/t10-/m0/s1. The van der Waals surface area contributed by atoms with Crippen molar-refractivity contribution in [3.05, 3.63) is 0 Å². The number of nitrogens with zero attached hydrogens (tertiary/aromatic N) is 1. The number of nitrogens with one attached hydrogen (secondary N) is 1. The van der Waals surface area contributed by atoms with Crippen LogP contribution in [0.2, 0.25) is 0 Å². The zero-order chi connectivity index (χ0) is 8.81. The van der Waals surface area contributed by atoms with Crippen LogP contribution < -0.4 is 5.32 Å². The van der Waals surface area contributed by atoms with Crippen LogP contribution in [-0.4, -0.2) is 37.6 Å². The number of hydrogen-bond donors (Lipinski definition) is 1. The van der Waals surface area contributed by atoms with Gasteiger partial charge in [-0.25, -0.2) is 0 Å². The van der Waals surface area contributed by atoms with Crippen LogP contribution >= 0.6 is 0 Å². The Morgan fingerprint density at radius 3 is 3.08 bits per heavy atom. The molecule has 2 nitrogen and oxygen atoms in total. The highest BCUT2D eigenvalue weighted by Crippen LogP contribution is 2.15. The molecular formula is C10H18N2. The van der Waals surface area contributed by atoms with Gasteiger partial charge in [0.2, 0.25) is 0 Å². The fourth-order valence-electron chi connectivity index (χ4n) is 1.85. The summed E-state index contributed by atoms with van der Waals surface area (Å²) in [7, 11) is 2.00. The molecule has 1 fully saturated rings. The monoisotopic (exact) mass is 166 g/mol. The molecule has 0 aliphatic carbocycles. The summed E-state index contributed by atoms with van der Waals surface area (Å²) in [5.41, 5.74) is 0. The Hall–Kier alpha value is -0.520. The van der Waals surface area contributed by atoms with Gasteiger partial charge in [0.15, 0.2) is 0 Å². The molecule has 0 unspecified atom stereocenters. The minimum absolute atomic E-state index is 0.666. The van der Waals surface area contributed by atoms with Crippen LogP contribution in [0.1, 0.15) is 19.3 Å². The Morgan fingerprint density at radius 1 is 1.58 bits per heavy atom. The first-order chi connectivity index (χ1) is 5.88. The molecule has 0 aromatic rings. The highest BCUT2D eigenvalue weighted by molar-refractivity contribution is 4.92. The number of piperidine rings is 1. The second-order valence-corrected chi connectivity index (χ2v) is 3.38. The van der Waals surface area contributed by atoms with Gasteiger partial charge in [-0.3, -0.25) is 4.90 Å². The first-order valence-corrected chi connectivity index (χ1v) is 4.70. The van der Waals surface area contributed by atoms with E-state index >= 15 is 0 Å². The second kappa shape index (κ2) is 5.18. The van der Waals surface area contributed by atoms with Crippen LogP contribution in [0, 0.1) is 12.3 Å². The molecule has 0 bridgehead atoms. The normalized spacial score (nSPS) is 25.2. The van der Waals surface area contributed by atoms with Crippen LogP contribution in [0.5, 0.6) is 0 Å². The van der Waals surface area contributed by atoms with Gasteiger partial charge in [0.05, 0.1) is 6.54 Å². The summed E-state index contributed by atoms with van der Waals surface area (Å²) in [5, 5.41) is 3.22. The molecule has 0 saturated carbocycles. The number of likely N-dealkylation sites (N-methyl/N-ethyl adjacent to an activating group) is 1. The number of rotatable bonds is 3. The van der Waals surface area contributed by atoms with Crippen molar-refractivity contribution in [3.63, 3.8) is 0 Å². The fraction of sp³-hybridized carbons (Fsp3) is 0.800. The predicted molar refractivity (Wildman–Crippen MR) is 52.0 cm³/mol. The molecule has 1 atom stereocenters. The highest BCUT2D eigenvalue weighted by atomic mass is 15.2. The maximum absolute atomic E-state index is 5.31. The molecule has 1 aliphatic heterocycles. The van der Waals surface area contributed by atoms with Crippen molar-refractivity contribution < 1.29 is 0 Å². The molecule has 0 spiro atoms. The largest absolute Gasteiger partial charge is 0.318 e. The van der Waals surface area contributed by atoms with Gasteiger partial charge in [0, 0.05) is 12.6 Å². The smallest absolute Gasteiger partial charge is 0.0601 e. The van der Waals surface area contributed by atoms with Gasteiger partial charge in [-0.15, -0.1) is 6.42 Å². The van der Waals surface area contributed by atoms with Crippen molar-refractivity contribution in [2.45, 2.75) is 25.3 Å². The maximum Gasteiger partial charge on any atom is 0.0601 e. The quantitative estimate of drug-likeness (QED) is 0.621. The number of terminal acetylenes is 1. The van der Waals surface area contributed by atoms with Gasteiger partial charge in [0.1, 0.15) is 0 Å².